The molecule has 1 heterocycles. The summed E-state index contributed by atoms with van der Waals surface area (Å²) in [6.07, 6.45) is 4.88. The minimum Gasteiger partial charge on any atom is -0.396 e. The summed E-state index contributed by atoms with van der Waals surface area (Å²) in [5, 5.41) is 15.7. The number of carbonyl (C=O) groups is 1. The average molecular weight is 210 g/mol. The molecule has 0 spiro atoms. The Morgan fingerprint density at radius 3 is 2.93 bits per heavy atom. The number of aliphatic hydroxyl groups excluding tert-OH is 1. The van der Waals surface area contributed by atoms with Crippen molar-refractivity contribution in [2.75, 3.05) is 13.2 Å². The van der Waals surface area contributed by atoms with E-state index in [1.165, 1.54) is 17.3 Å². The molecular formula is C9H14N4O2. The van der Waals surface area contributed by atoms with Crippen LogP contribution in [0.15, 0.2) is 12.7 Å². The number of nitrogens with zero attached hydrogens (tertiary/aromatic N) is 3. The summed E-state index contributed by atoms with van der Waals surface area (Å²) in [4.78, 5) is 15.2. The maximum atomic E-state index is 11.4. The first-order valence-corrected chi connectivity index (χ1v) is 4.94. The molecule has 0 aliphatic heterocycles. The van der Waals surface area contributed by atoms with Crippen LogP contribution in [0.5, 0.6) is 0 Å². The first kappa shape index (κ1) is 10.1. The van der Waals surface area contributed by atoms with Gasteiger partial charge in [0.1, 0.15) is 19.2 Å². The summed E-state index contributed by atoms with van der Waals surface area (Å²) >= 11 is 0. The highest BCUT2D eigenvalue weighted by atomic mass is 16.3. The average Bonchev–Trinajstić information content (AvgIpc) is 2.86. The molecule has 2 rings (SSSR count). The summed E-state index contributed by atoms with van der Waals surface area (Å²) in [6, 6.07) is 0. The van der Waals surface area contributed by atoms with Crippen LogP contribution in [0.3, 0.4) is 0 Å². The van der Waals surface area contributed by atoms with E-state index in [4.69, 9.17) is 5.11 Å². The molecule has 1 saturated carbocycles. The molecule has 1 aliphatic carbocycles. The Kier molecular flexibility index (Phi) is 2.68. The quantitative estimate of drug-likeness (QED) is 0.664. The molecule has 82 valence electrons. The highest BCUT2D eigenvalue weighted by molar-refractivity contribution is 5.75. The second kappa shape index (κ2) is 3.98. The molecule has 0 unspecified atom stereocenters. The predicted octanol–water partition coefficient (Wildman–Crippen LogP) is -0.833. The zero-order chi connectivity index (χ0) is 10.7. The van der Waals surface area contributed by atoms with E-state index in [1.54, 1.807) is 0 Å². The number of hydrogen-bond acceptors (Lipinski definition) is 4. The summed E-state index contributed by atoms with van der Waals surface area (Å²) in [5.74, 6) is -0.0970. The van der Waals surface area contributed by atoms with Crippen molar-refractivity contribution >= 4 is 5.91 Å². The zero-order valence-corrected chi connectivity index (χ0v) is 8.39. The van der Waals surface area contributed by atoms with Gasteiger partial charge in [0.05, 0.1) is 6.61 Å². The molecule has 0 saturated heterocycles. The molecule has 0 bridgehead atoms. The van der Waals surface area contributed by atoms with Crippen LogP contribution in [-0.2, 0) is 11.3 Å². The Hall–Kier alpha value is -1.43. The standard InChI is InChI=1S/C9H14N4O2/c14-5-9(1-2-9)4-11-8(15)3-13-7-10-6-12-13/h6-7,14H,1-5H2,(H,11,15). The van der Waals surface area contributed by atoms with Crippen LogP contribution in [0.1, 0.15) is 12.8 Å². The molecule has 0 radical (unpaired) electrons. The number of rotatable bonds is 5. The molecule has 1 aliphatic rings. The Labute approximate surface area is 87.3 Å². The Morgan fingerprint density at radius 1 is 1.60 bits per heavy atom. The van der Waals surface area contributed by atoms with Crippen molar-refractivity contribution in [2.24, 2.45) is 5.41 Å². The molecule has 15 heavy (non-hydrogen) atoms. The number of carbonyl (C=O) groups excluding carboxylic acids is 1. The molecule has 1 fully saturated rings. The van der Waals surface area contributed by atoms with Crippen LogP contribution in [-0.4, -0.2) is 38.9 Å². The second-order valence-corrected chi connectivity index (χ2v) is 4.03. The summed E-state index contributed by atoms with van der Waals surface area (Å²) in [7, 11) is 0. The van der Waals surface area contributed by atoms with E-state index in [-0.39, 0.29) is 24.5 Å². The Morgan fingerprint density at radius 2 is 2.40 bits per heavy atom. The molecule has 2 N–H and O–H groups in total. The molecule has 1 amide bonds. The second-order valence-electron chi connectivity index (χ2n) is 4.03. The van der Waals surface area contributed by atoms with Crippen molar-refractivity contribution in [3.05, 3.63) is 12.7 Å². The van der Waals surface area contributed by atoms with E-state index < -0.39 is 0 Å². The minimum atomic E-state index is -0.0970. The fourth-order valence-corrected chi connectivity index (χ4v) is 1.37. The summed E-state index contributed by atoms with van der Waals surface area (Å²) in [6.45, 7) is 0.884. The lowest BCUT2D eigenvalue weighted by atomic mass is 10.1. The smallest absolute Gasteiger partial charge is 0.241 e. The van der Waals surface area contributed by atoms with Gasteiger partial charge in [0.2, 0.25) is 5.91 Å². The highest BCUT2D eigenvalue weighted by Gasteiger charge is 2.41. The van der Waals surface area contributed by atoms with Crippen molar-refractivity contribution in [3.8, 4) is 0 Å². The lowest BCUT2D eigenvalue weighted by Gasteiger charge is -2.12. The number of hydrogen-bond donors (Lipinski definition) is 2. The summed E-state index contributed by atoms with van der Waals surface area (Å²) in [5.41, 5.74) is -0.0436. The minimum absolute atomic E-state index is 0.0436. The fraction of sp³-hybridized carbons (Fsp3) is 0.667. The summed E-state index contributed by atoms with van der Waals surface area (Å²) < 4.78 is 1.47. The van der Waals surface area contributed by atoms with Crippen molar-refractivity contribution in [1.82, 2.24) is 20.1 Å². The number of aromatic nitrogens is 3. The molecule has 0 atom stereocenters. The lowest BCUT2D eigenvalue weighted by molar-refractivity contribution is -0.122. The molecule has 1 aromatic rings. The van der Waals surface area contributed by atoms with E-state index in [0.717, 1.165) is 12.8 Å². The van der Waals surface area contributed by atoms with Crippen molar-refractivity contribution < 1.29 is 9.90 Å². The van der Waals surface area contributed by atoms with Gasteiger partial charge < -0.3 is 10.4 Å². The number of aliphatic hydroxyl groups is 1. The van der Waals surface area contributed by atoms with Crippen LogP contribution in [0.25, 0.3) is 0 Å². The fourth-order valence-electron chi connectivity index (χ4n) is 1.37. The SMILES string of the molecule is O=C(Cn1cncn1)NCC1(CO)CC1. The maximum Gasteiger partial charge on any atom is 0.241 e. The van der Waals surface area contributed by atoms with Crippen LogP contribution < -0.4 is 5.32 Å². The van der Waals surface area contributed by atoms with Crippen LogP contribution in [0.4, 0.5) is 0 Å². The third kappa shape index (κ3) is 2.53. The normalized spacial score (nSPS) is 17.4. The van der Waals surface area contributed by atoms with Gasteiger partial charge in [-0.05, 0) is 12.8 Å². The van der Waals surface area contributed by atoms with Crippen molar-refractivity contribution in [2.45, 2.75) is 19.4 Å². The highest BCUT2D eigenvalue weighted by Crippen LogP contribution is 2.44. The van der Waals surface area contributed by atoms with E-state index in [2.05, 4.69) is 15.4 Å². The zero-order valence-electron chi connectivity index (χ0n) is 8.39. The number of amides is 1. The van der Waals surface area contributed by atoms with E-state index >= 15 is 0 Å². The molecular weight excluding hydrogens is 196 g/mol. The molecule has 6 nitrogen and oxygen atoms in total. The molecule has 1 aromatic heterocycles. The molecule has 6 heteroatoms. The van der Waals surface area contributed by atoms with Crippen LogP contribution >= 0.6 is 0 Å². The van der Waals surface area contributed by atoms with E-state index in [9.17, 15) is 4.79 Å². The largest absolute Gasteiger partial charge is 0.396 e. The third-order valence-electron chi connectivity index (χ3n) is 2.73. The molecule has 0 aromatic carbocycles. The maximum absolute atomic E-state index is 11.4. The lowest BCUT2D eigenvalue weighted by Crippen LogP contribution is -2.34. The van der Waals surface area contributed by atoms with Gasteiger partial charge >= 0.3 is 0 Å². The Bertz CT molecular complexity index is 332. The van der Waals surface area contributed by atoms with Gasteiger partial charge in [0.15, 0.2) is 0 Å². The van der Waals surface area contributed by atoms with Gasteiger partial charge in [-0.25, -0.2) is 9.67 Å². The van der Waals surface area contributed by atoms with Gasteiger partial charge in [-0.15, -0.1) is 0 Å². The first-order chi connectivity index (χ1) is 7.24. The first-order valence-electron chi connectivity index (χ1n) is 4.94. The van der Waals surface area contributed by atoms with Crippen molar-refractivity contribution in [3.63, 3.8) is 0 Å². The van der Waals surface area contributed by atoms with Gasteiger partial charge in [-0.2, -0.15) is 5.10 Å². The van der Waals surface area contributed by atoms with Crippen LogP contribution in [0.2, 0.25) is 0 Å². The van der Waals surface area contributed by atoms with Crippen LogP contribution in [0, 0.1) is 5.41 Å². The van der Waals surface area contributed by atoms with Gasteiger partial charge in [0, 0.05) is 12.0 Å². The van der Waals surface area contributed by atoms with Gasteiger partial charge in [0.25, 0.3) is 0 Å². The van der Waals surface area contributed by atoms with E-state index in [0.29, 0.717) is 6.54 Å². The monoisotopic (exact) mass is 210 g/mol. The van der Waals surface area contributed by atoms with Gasteiger partial charge in [-0.1, -0.05) is 0 Å². The Balaban J connectivity index is 1.74. The topological polar surface area (TPSA) is 80.0 Å². The van der Waals surface area contributed by atoms with Crippen molar-refractivity contribution in [1.29, 1.82) is 0 Å². The predicted molar refractivity (Wildman–Crippen MR) is 51.8 cm³/mol. The van der Waals surface area contributed by atoms with Gasteiger partial charge in [-0.3, -0.25) is 4.79 Å². The number of nitrogens with one attached hydrogen (secondary N) is 1. The third-order valence-corrected chi connectivity index (χ3v) is 2.73. The van der Waals surface area contributed by atoms with E-state index in [1.807, 2.05) is 0 Å².